The zero-order valence-electron chi connectivity index (χ0n) is 21.0. The van der Waals surface area contributed by atoms with Gasteiger partial charge in [-0.15, -0.1) is 0 Å². The van der Waals surface area contributed by atoms with Crippen LogP contribution in [0.2, 0.25) is 0 Å². The lowest BCUT2D eigenvalue weighted by Gasteiger charge is -2.14. The Balaban J connectivity index is 1.20. The molecule has 38 heavy (non-hydrogen) atoms. The van der Waals surface area contributed by atoms with E-state index in [0.717, 1.165) is 30.0 Å². The molecule has 0 radical (unpaired) electrons. The number of amides is 1. The summed E-state index contributed by atoms with van der Waals surface area (Å²) in [6.07, 6.45) is 1.91. The van der Waals surface area contributed by atoms with E-state index in [1.807, 2.05) is 78.9 Å². The van der Waals surface area contributed by atoms with Crippen molar-refractivity contribution in [1.82, 2.24) is 5.32 Å². The van der Waals surface area contributed by atoms with Crippen molar-refractivity contribution in [2.75, 3.05) is 25.1 Å². The molecule has 0 atom stereocenters. The van der Waals surface area contributed by atoms with Crippen molar-refractivity contribution in [2.24, 2.45) is 0 Å². The first-order chi connectivity index (χ1) is 18.7. The lowest BCUT2D eigenvalue weighted by atomic mass is 10.1. The zero-order valence-corrected chi connectivity index (χ0v) is 21.8. The molecule has 0 aliphatic carbocycles. The Labute approximate surface area is 228 Å². The smallest absolute Gasteiger partial charge is 0.261 e. The molecule has 194 valence electrons. The average Bonchev–Trinajstić information content (AvgIpc) is 2.95. The van der Waals surface area contributed by atoms with Crippen molar-refractivity contribution in [3.63, 3.8) is 0 Å². The summed E-state index contributed by atoms with van der Waals surface area (Å²) in [5.74, 6) is 1.64. The molecule has 0 bridgehead atoms. The third-order valence-electron chi connectivity index (χ3n) is 5.55. The van der Waals surface area contributed by atoms with Gasteiger partial charge in [0.2, 0.25) is 0 Å². The molecule has 0 unspecified atom stereocenters. The van der Waals surface area contributed by atoms with Crippen LogP contribution in [0.3, 0.4) is 0 Å². The van der Waals surface area contributed by atoms with Crippen LogP contribution < -0.4 is 24.8 Å². The summed E-state index contributed by atoms with van der Waals surface area (Å²) in [6.45, 7) is 1.28. The second-order valence-electron chi connectivity index (χ2n) is 8.38. The van der Waals surface area contributed by atoms with Crippen LogP contribution in [0.5, 0.6) is 17.2 Å². The second kappa shape index (κ2) is 14.4. The van der Waals surface area contributed by atoms with Gasteiger partial charge in [0.25, 0.3) is 5.91 Å². The van der Waals surface area contributed by atoms with E-state index in [4.69, 9.17) is 26.4 Å². The van der Waals surface area contributed by atoms with Gasteiger partial charge >= 0.3 is 0 Å². The lowest BCUT2D eigenvalue weighted by Crippen LogP contribution is -2.34. The molecule has 4 rings (SSSR count). The summed E-state index contributed by atoms with van der Waals surface area (Å²) in [7, 11) is 0. The van der Waals surface area contributed by atoms with Crippen molar-refractivity contribution in [3.05, 3.63) is 120 Å². The van der Waals surface area contributed by atoms with Gasteiger partial charge in [-0.05, 0) is 79.2 Å². The molecule has 0 aromatic heterocycles. The Bertz CT molecular complexity index is 1300. The molecule has 2 N–H and O–H groups in total. The van der Waals surface area contributed by atoms with Crippen LogP contribution in [0.15, 0.2) is 109 Å². The van der Waals surface area contributed by atoms with Gasteiger partial charge in [0.15, 0.2) is 5.11 Å². The number of ether oxygens (including phenoxy) is 3. The normalized spacial score (nSPS) is 10.3. The first-order valence-corrected chi connectivity index (χ1v) is 12.9. The maximum absolute atomic E-state index is 12.9. The molecule has 4 aromatic carbocycles. The highest BCUT2D eigenvalue weighted by molar-refractivity contribution is 7.80. The minimum atomic E-state index is -0.361. The van der Waals surface area contributed by atoms with E-state index in [-0.39, 0.29) is 11.0 Å². The monoisotopic (exact) mass is 526 g/mol. The topological polar surface area (TPSA) is 68.8 Å². The molecule has 6 nitrogen and oxygen atoms in total. The molecule has 0 fully saturated rings. The molecule has 0 aliphatic heterocycles. The van der Waals surface area contributed by atoms with E-state index in [1.54, 1.807) is 18.2 Å². The van der Waals surface area contributed by atoms with Crippen molar-refractivity contribution >= 4 is 28.9 Å². The van der Waals surface area contributed by atoms with Gasteiger partial charge in [-0.1, -0.05) is 60.7 Å². The maximum atomic E-state index is 12.9. The summed E-state index contributed by atoms with van der Waals surface area (Å²) in [5.41, 5.74) is 2.43. The van der Waals surface area contributed by atoms with E-state index in [2.05, 4.69) is 22.8 Å². The highest BCUT2D eigenvalue weighted by Crippen LogP contribution is 2.19. The van der Waals surface area contributed by atoms with Crippen LogP contribution in [0, 0.1) is 0 Å². The van der Waals surface area contributed by atoms with Gasteiger partial charge in [-0.2, -0.15) is 0 Å². The van der Waals surface area contributed by atoms with Gasteiger partial charge < -0.3 is 19.5 Å². The Morgan fingerprint density at radius 2 is 1.26 bits per heavy atom. The Morgan fingerprint density at radius 3 is 2.03 bits per heavy atom. The highest BCUT2D eigenvalue weighted by Gasteiger charge is 2.14. The van der Waals surface area contributed by atoms with E-state index in [0.29, 0.717) is 31.1 Å². The average molecular weight is 527 g/mol. The van der Waals surface area contributed by atoms with E-state index >= 15 is 0 Å². The van der Waals surface area contributed by atoms with Crippen LogP contribution in [0.1, 0.15) is 22.3 Å². The number of hydrogen-bond acceptors (Lipinski definition) is 5. The maximum Gasteiger partial charge on any atom is 0.261 e. The van der Waals surface area contributed by atoms with Crippen molar-refractivity contribution < 1.29 is 19.0 Å². The first kappa shape index (κ1) is 26.7. The van der Waals surface area contributed by atoms with Crippen molar-refractivity contribution in [1.29, 1.82) is 0 Å². The largest absolute Gasteiger partial charge is 0.494 e. The fourth-order valence-corrected chi connectivity index (χ4v) is 3.90. The summed E-state index contributed by atoms with van der Waals surface area (Å²) in [4.78, 5) is 12.9. The number of para-hydroxylation sites is 2. The zero-order chi connectivity index (χ0) is 26.4. The van der Waals surface area contributed by atoms with Gasteiger partial charge in [0.05, 0.1) is 12.2 Å². The standard InChI is InChI=1S/C31H30N2O4S/c34-30(28-15-7-8-16-29(28)37-23-22-36-26-13-5-2-6-14-26)33-31(38)32-25-17-19-27(20-18-25)35-21-9-12-24-10-3-1-4-11-24/h1-8,10-11,13-20H,9,12,21-23H2,(H2,32,33,34,38). The molecule has 0 saturated carbocycles. The van der Waals surface area contributed by atoms with E-state index in [9.17, 15) is 4.79 Å². The SMILES string of the molecule is O=C(NC(=S)Nc1ccc(OCCCc2ccccc2)cc1)c1ccccc1OCCOc1ccccc1. The fraction of sp³-hybridized carbons (Fsp3) is 0.161. The quantitative estimate of drug-likeness (QED) is 0.167. The van der Waals surface area contributed by atoms with Gasteiger partial charge in [-0.3, -0.25) is 10.1 Å². The van der Waals surface area contributed by atoms with E-state index < -0.39 is 0 Å². The molecule has 0 saturated heterocycles. The number of hydrogen-bond donors (Lipinski definition) is 2. The first-order valence-electron chi connectivity index (χ1n) is 12.5. The Kier molecular flexibility index (Phi) is 10.1. The third kappa shape index (κ3) is 8.64. The molecule has 1 amide bonds. The number of carbonyl (C=O) groups is 1. The minimum absolute atomic E-state index is 0.189. The van der Waals surface area contributed by atoms with Crippen LogP contribution in [0.25, 0.3) is 0 Å². The number of anilines is 1. The Hall–Kier alpha value is -4.36. The molecule has 7 heteroatoms. The summed E-state index contributed by atoms with van der Waals surface area (Å²) in [5, 5.41) is 5.93. The lowest BCUT2D eigenvalue weighted by molar-refractivity contribution is 0.0972. The molecule has 4 aromatic rings. The van der Waals surface area contributed by atoms with Gasteiger partial charge in [0, 0.05) is 5.69 Å². The predicted octanol–water partition coefficient (Wildman–Crippen LogP) is 6.28. The van der Waals surface area contributed by atoms with Crippen LogP contribution in [-0.4, -0.2) is 30.8 Å². The van der Waals surface area contributed by atoms with Crippen molar-refractivity contribution in [2.45, 2.75) is 12.8 Å². The number of aryl methyl sites for hydroxylation is 1. The number of rotatable bonds is 12. The Morgan fingerprint density at radius 1 is 0.658 bits per heavy atom. The third-order valence-corrected chi connectivity index (χ3v) is 5.75. The summed E-state index contributed by atoms with van der Waals surface area (Å²) < 4.78 is 17.3. The number of nitrogens with one attached hydrogen (secondary N) is 2. The van der Waals surface area contributed by atoms with Crippen LogP contribution in [-0.2, 0) is 6.42 Å². The molecule has 0 heterocycles. The predicted molar refractivity (Wildman–Crippen MR) is 154 cm³/mol. The van der Waals surface area contributed by atoms with Crippen molar-refractivity contribution in [3.8, 4) is 17.2 Å². The number of thiocarbonyl (C=S) groups is 1. The molecular weight excluding hydrogens is 496 g/mol. The second-order valence-corrected chi connectivity index (χ2v) is 8.78. The molecule has 0 aliphatic rings. The highest BCUT2D eigenvalue weighted by atomic mass is 32.1. The van der Waals surface area contributed by atoms with Gasteiger partial charge in [-0.25, -0.2) is 0 Å². The summed E-state index contributed by atoms with van der Waals surface area (Å²) in [6, 6.07) is 34.3. The minimum Gasteiger partial charge on any atom is -0.494 e. The van der Waals surface area contributed by atoms with Gasteiger partial charge in [0.1, 0.15) is 30.5 Å². The van der Waals surface area contributed by atoms with E-state index in [1.165, 1.54) is 5.56 Å². The fourth-order valence-electron chi connectivity index (χ4n) is 3.69. The number of carbonyl (C=O) groups excluding carboxylic acids is 1. The molecular formula is C31H30N2O4S. The summed E-state index contributed by atoms with van der Waals surface area (Å²) >= 11 is 5.35. The molecule has 0 spiro atoms. The van der Waals surface area contributed by atoms with Crippen LogP contribution in [0.4, 0.5) is 5.69 Å². The number of benzene rings is 4. The van der Waals surface area contributed by atoms with Crippen LogP contribution >= 0.6 is 12.2 Å².